The van der Waals surface area contributed by atoms with Gasteiger partial charge in [0.25, 0.3) is 0 Å². The van der Waals surface area contributed by atoms with Crippen LogP contribution in [0.4, 0.5) is 4.79 Å². The van der Waals surface area contributed by atoms with Crippen molar-refractivity contribution in [3.05, 3.63) is 11.9 Å². The van der Waals surface area contributed by atoms with Gasteiger partial charge in [-0.15, -0.1) is 5.10 Å². The van der Waals surface area contributed by atoms with Crippen molar-refractivity contribution < 1.29 is 14.6 Å². The van der Waals surface area contributed by atoms with Crippen LogP contribution in [-0.2, 0) is 11.3 Å². The minimum Gasteiger partial charge on any atom is -0.444 e. The fraction of sp³-hybridized carbons (Fsp3) is 0.750. The lowest BCUT2D eigenvalue weighted by Crippen LogP contribution is -2.46. The number of hydrogen-bond donors (Lipinski definition) is 2. The summed E-state index contributed by atoms with van der Waals surface area (Å²) in [4.78, 5) is 11.6. The number of ether oxygens (including phenoxy) is 1. The van der Waals surface area contributed by atoms with Gasteiger partial charge in [0.15, 0.2) is 0 Å². The monoisotopic (exact) mass is 268 g/mol. The third-order valence-corrected chi connectivity index (χ3v) is 2.93. The SMILES string of the molecule is CC(C)(C)OC(=O)N[C@H]1C[C@H](n2cc(CO)nn2)C1. The number of carbonyl (C=O) groups is 1. The predicted molar refractivity (Wildman–Crippen MR) is 67.4 cm³/mol. The quantitative estimate of drug-likeness (QED) is 0.853. The summed E-state index contributed by atoms with van der Waals surface area (Å²) in [6, 6.07) is 0.342. The molecule has 106 valence electrons. The van der Waals surface area contributed by atoms with E-state index in [2.05, 4.69) is 15.6 Å². The van der Waals surface area contributed by atoms with Crippen LogP contribution in [0.1, 0.15) is 45.3 Å². The predicted octanol–water partition coefficient (Wildman–Crippen LogP) is 0.999. The summed E-state index contributed by atoms with van der Waals surface area (Å²) in [6.07, 6.45) is 2.94. The number of amides is 1. The van der Waals surface area contributed by atoms with E-state index < -0.39 is 5.60 Å². The summed E-state index contributed by atoms with van der Waals surface area (Å²) in [5.41, 5.74) is 0.0818. The van der Waals surface area contributed by atoms with Gasteiger partial charge in [0.2, 0.25) is 0 Å². The Bertz CT molecular complexity index is 446. The standard InChI is InChI=1S/C12H20N4O3/c1-12(2,3)19-11(18)13-8-4-10(5-8)16-6-9(7-17)14-15-16/h6,8,10,17H,4-5,7H2,1-3H3,(H,13,18)/t8-,10-. The van der Waals surface area contributed by atoms with Crippen LogP contribution in [0.15, 0.2) is 6.20 Å². The third kappa shape index (κ3) is 3.66. The maximum absolute atomic E-state index is 11.6. The van der Waals surface area contributed by atoms with Gasteiger partial charge in [0.05, 0.1) is 18.8 Å². The van der Waals surface area contributed by atoms with Crippen molar-refractivity contribution >= 4 is 6.09 Å². The first kappa shape index (κ1) is 13.8. The number of rotatable bonds is 3. The van der Waals surface area contributed by atoms with E-state index in [1.807, 2.05) is 20.8 Å². The maximum Gasteiger partial charge on any atom is 0.407 e. The smallest absolute Gasteiger partial charge is 0.407 e. The van der Waals surface area contributed by atoms with E-state index in [-0.39, 0.29) is 24.8 Å². The molecule has 7 nitrogen and oxygen atoms in total. The highest BCUT2D eigenvalue weighted by atomic mass is 16.6. The lowest BCUT2D eigenvalue weighted by Gasteiger charge is -2.35. The number of aliphatic hydroxyl groups excluding tert-OH is 1. The average molecular weight is 268 g/mol. The molecule has 0 aliphatic heterocycles. The van der Waals surface area contributed by atoms with Crippen molar-refractivity contribution in [1.82, 2.24) is 20.3 Å². The van der Waals surface area contributed by atoms with Crippen LogP contribution in [0.2, 0.25) is 0 Å². The molecular formula is C12H20N4O3. The molecule has 0 unspecified atom stereocenters. The fourth-order valence-corrected chi connectivity index (χ4v) is 1.96. The largest absolute Gasteiger partial charge is 0.444 e. The molecule has 0 bridgehead atoms. The molecule has 2 N–H and O–H groups in total. The molecule has 0 atom stereocenters. The first-order valence-corrected chi connectivity index (χ1v) is 6.38. The molecule has 7 heteroatoms. The van der Waals surface area contributed by atoms with Crippen LogP contribution >= 0.6 is 0 Å². The topological polar surface area (TPSA) is 89.3 Å². The van der Waals surface area contributed by atoms with Crippen molar-refractivity contribution in [1.29, 1.82) is 0 Å². The molecule has 0 saturated heterocycles. The van der Waals surface area contributed by atoms with Crippen molar-refractivity contribution in [2.45, 2.75) is 57.9 Å². The minimum absolute atomic E-state index is 0.105. The second-order valence-corrected chi connectivity index (χ2v) is 5.82. The van der Waals surface area contributed by atoms with Gasteiger partial charge in [-0.05, 0) is 33.6 Å². The Morgan fingerprint density at radius 1 is 1.58 bits per heavy atom. The lowest BCUT2D eigenvalue weighted by atomic mass is 9.87. The first-order valence-electron chi connectivity index (χ1n) is 6.38. The number of aromatic nitrogens is 3. The molecule has 0 spiro atoms. The van der Waals surface area contributed by atoms with Gasteiger partial charge >= 0.3 is 6.09 Å². The van der Waals surface area contributed by atoms with Gasteiger partial charge in [-0.3, -0.25) is 0 Å². The molecule has 2 rings (SSSR count). The molecule has 1 saturated carbocycles. The molecule has 1 aliphatic carbocycles. The van der Waals surface area contributed by atoms with Crippen LogP contribution in [-0.4, -0.2) is 37.8 Å². The zero-order valence-corrected chi connectivity index (χ0v) is 11.5. The summed E-state index contributed by atoms with van der Waals surface area (Å²) >= 11 is 0. The van der Waals surface area contributed by atoms with E-state index in [9.17, 15) is 4.79 Å². The van der Waals surface area contributed by atoms with Gasteiger partial charge in [-0.2, -0.15) is 0 Å². The van der Waals surface area contributed by atoms with Crippen molar-refractivity contribution in [3.63, 3.8) is 0 Å². The van der Waals surface area contributed by atoms with Crippen LogP contribution in [0.3, 0.4) is 0 Å². The Labute approximate surface area is 111 Å². The molecule has 1 aliphatic rings. The Balaban J connectivity index is 1.76. The molecule has 1 aromatic heterocycles. The molecule has 1 heterocycles. The number of aliphatic hydroxyl groups is 1. The minimum atomic E-state index is -0.477. The highest BCUT2D eigenvalue weighted by Gasteiger charge is 2.33. The molecule has 0 aromatic carbocycles. The highest BCUT2D eigenvalue weighted by Crippen LogP contribution is 2.31. The van der Waals surface area contributed by atoms with Gasteiger partial charge in [-0.1, -0.05) is 5.21 Å². The van der Waals surface area contributed by atoms with Crippen LogP contribution in [0.5, 0.6) is 0 Å². The third-order valence-electron chi connectivity index (χ3n) is 2.93. The first-order chi connectivity index (χ1) is 8.87. The fourth-order valence-electron chi connectivity index (χ4n) is 1.96. The van der Waals surface area contributed by atoms with Crippen molar-refractivity contribution in [2.75, 3.05) is 0 Å². The van der Waals surface area contributed by atoms with Gasteiger partial charge in [-0.25, -0.2) is 9.48 Å². The Morgan fingerprint density at radius 2 is 2.26 bits per heavy atom. The van der Waals surface area contributed by atoms with Crippen molar-refractivity contribution in [2.24, 2.45) is 0 Å². The second kappa shape index (κ2) is 5.16. The normalized spacial score (nSPS) is 22.7. The summed E-state index contributed by atoms with van der Waals surface area (Å²) in [6.45, 7) is 5.40. The van der Waals surface area contributed by atoms with E-state index in [4.69, 9.17) is 9.84 Å². The highest BCUT2D eigenvalue weighted by molar-refractivity contribution is 5.68. The molecular weight excluding hydrogens is 248 g/mol. The number of nitrogens with zero attached hydrogens (tertiary/aromatic N) is 3. The van der Waals surface area contributed by atoms with Gasteiger partial charge < -0.3 is 15.2 Å². The number of alkyl carbamates (subject to hydrolysis) is 1. The zero-order chi connectivity index (χ0) is 14.0. The summed E-state index contributed by atoms with van der Waals surface area (Å²) in [5.74, 6) is 0. The number of hydrogen-bond acceptors (Lipinski definition) is 5. The zero-order valence-electron chi connectivity index (χ0n) is 11.5. The molecule has 1 aromatic rings. The second-order valence-electron chi connectivity index (χ2n) is 5.82. The van der Waals surface area contributed by atoms with Crippen LogP contribution in [0.25, 0.3) is 0 Å². The maximum atomic E-state index is 11.6. The van der Waals surface area contributed by atoms with Gasteiger partial charge in [0, 0.05) is 6.04 Å². The molecule has 1 amide bonds. The van der Waals surface area contributed by atoms with Gasteiger partial charge in [0.1, 0.15) is 11.3 Å². The lowest BCUT2D eigenvalue weighted by molar-refractivity contribution is 0.0452. The summed E-state index contributed by atoms with van der Waals surface area (Å²) < 4.78 is 6.92. The molecule has 1 fully saturated rings. The van der Waals surface area contributed by atoms with E-state index in [0.717, 1.165) is 12.8 Å². The van der Waals surface area contributed by atoms with E-state index in [1.165, 1.54) is 0 Å². The Hall–Kier alpha value is -1.63. The number of carbonyl (C=O) groups excluding carboxylic acids is 1. The van der Waals surface area contributed by atoms with E-state index >= 15 is 0 Å². The molecule has 19 heavy (non-hydrogen) atoms. The van der Waals surface area contributed by atoms with E-state index in [1.54, 1.807) is 10.9 Å². The average Bonchev–Trinajstić information content (AvgIpc) is 2.68. The van der Waals surface area contributed by atoms with E-state index in [0.29, 0.717) is 5.69 Å². The molecule has 0 radical (unpaired) electrons. The number of nitrogens with one attached hydrogen (secondary N) is 1. The summed E-state index contributed by atoms with van der Waals surface area (Å²) in [5, 5.41) is 19.5. The van der Waals surface area contributed by atoms with Crippen molar-refractivity contribution in [3.8, 4) is 0 Å². The van der Waals surface area contributed by atoms with Crippen LogP contribution in [0, 0.1) is 0 Å². The Kier molecular flexibility index (Phi) is 3.75. The summed E-state index contributed by atoms with van der Waals surface area (Å²) in [7, 11) is 0. The Morgan fingerprint density at radius 3 is 2.79 bits per heavy atom. The van der Waals surface area contributed by atoms with Crippen LogP contribution < -0.4 is 5.32 Å².